The average molecular weight is 323 g/mol. The van der Waals surface area contributed by atoms with Crippen LogP contribution < -0.4 is 16.4 Å². The number of hydrogen-bond acceptors (Lipinski definition) is 3. The molecule has 2 amide bonds. The second-order valence-electron chi connectivity index (χ2n) is 7.44. The summed E-state index contributed by atoms with van der Waals surface area (Å²) in [5, 5.41) is 5.98. The second-order valence-corrected chi connectivity index (χ2v) is 7.44. The van der Waals surface area contributed by atoms with Crippen molar-refractivity contribution in [3.63, 3.8) is 0 Å². The lowest BCUT2D eigenvalue weighted by Gasteiger charge is -2.35. The Balaban J connectivity index is 1.62. The van der Waals surface area contributed by atoms with Gasteiger partial charge in [0, 0.05) is 25.4 Å². The fourth-order valence-corrected chi connectivity index (χ4v) is 4.02. The lowest BCUT2D eigenvalue weighted by molar-refractivity contribution is -0.124. The number of nitrogens with one attached hydrogen (secondary N) is 2. The summed E-state index contributed by atoms with van der Waals surface area (Å²) in [6, 6.07) is 0.342. The Bertz CT molecular complexity index is 386. The van der Waals surface area contributed by atoms with E-state index in [9.17, 15) is 9.59 Å². The molecule has 0 aromatic rings. The highest BCUT2D eigenvalue weighted by Crippen LogP contribution is 2.38. The summed E-state index contributed by atoms with van der Waals surface area (Å²) >= 11 is 0. The molecule has 5 heteroatoms. The van der Waals surface area contributed by atoms with Gasteiger partial charge >= 0.3 is 0 Å². The van der Waals surface area contributed by atoms with Gasteiger partial charge in [-0.1, -0.05) is 38.5 Å². The average Bonchev–Trinajstić information content (AvgIpc) is 2.56. The first-order chi connectivity index (χ1) is 11.1. The van der Waals surface area contributed by atoms with Gasteiger partial charge in [0.05, 0.1) is 0 Å². The lowest BCUT2D eigenvalue weighted by atomic mass is 9.71. The van der Waals surface area contributed by atoms with Crippen LogP contribution in [0.5, 0.6) is 0 Å². The summed E-state index contributed by atoms with van der Waals surface area (Å²) in [5.41, 5.74) is 5.92. The van der Waals surface area contributed by atoms with Crippen LogP contribution in [-0.4, -0.2) is 30.9 Å². The predicted octanol–water partition coefficient (Wildman–Crippen LogP) is 2.24. The largest absolute Gasteiger partial charge is 0.356 e. The molecule has 5 nitrogen and oxygen atoms in total. The number of rotatable bonds is 7. The Labute approximate surface area is 140 Å². The van der Waals surface area contributed by atoms with E-state index < -0.39 is 0 Å². The maximum atomic E-state index is 12.1. The van der Waals surface area contributed by atoms with Crippen LogP contribution >= 0.6 is 0 Å². The fourth-order valence-electron chi connectivity index (χ4n) is 4.02. The van der Waals surface area contributed by atoms with Crippen molar-refractivity contribution in [2.75, 3.05) is 13.1 Å². The number of carbonyl (C=O) groups excluding carboxylic acids is 2. The van der Waals surface area contributed by atoms with Crippen LogP contribution in [0.1, 0.15) is 77.0 Å². The summed E-state index contributed by atoms with van der Waals surface area (Å²) in [7, 11) is 0. The Hall–Kier alpha value is -1.10. The Morgan fingerprint density at radius 1 is 0.957 bits per heavy atom. The second kappa shape index (κ2) is 9.26. The standard InChI is InChI=1S/C18H33N3O2/c19-14-18(10-5-2-6-11-18)13-17(23)20-12-9-16(22)21-15-7-3-1-4-8-15/h15H,1-14,19H2,(H,20,23)(H,21,22). The van der Waals surface area contributed by atoms with Crippen LogP contribution in [0.3, 0.4) is 0 Å². The van der Waals surface area contributed by atoms with Crippen LogP contribution in [0.2, 0.25) is 0 Å². The quantitative estimate of drug-likeness (QED) is 0.672. The van der Waals surface area contributed by atoms with Crippen molar-refractivity contribution < 1.29 is 9.59 Å². The van der Waals surface area contributed by atoms with Gasteiger partial charge in [-0.25, -0.2) is 0 Å². The molecule has 2 saturated carbocycles. The topological polar surface area (TPSA) is 84.2 Å². The molecule has 2 aliphatic carbocycles. The van der Waals surface area contributed by atoms with Crippen molar-refractivity contribution in [1.82, 2.24) is 10.6 Å². The van der Waals surface area contributed by atoms with Crippen LogP contribution in [-0.2, 0) is 9.59 Å². The van der Waals surface area contributed by atoms with Crippen LogP contribution in [0.25, 0.3) is 0 Å². The van der Waals surface area contributed by atoms with Crippen molar-refractivity contribution in [3.05, 3.63) is 0 Å². The van der Waals surface area contributed by atoms with Gasteiger partial charge in [0.1, 0.15) is 0 Å². The Kier molecular flexibility index (Phi) is 7.34. The zero-order valence-corrected chi connectivity index (χ0v) is 14.4. The molecule has 2 aliphatic rings. The first-order valence-corrected chi connectivity index (χ1v) is 9.40. The molecule has 0 radical (unpaired) electrons. The van der Waals surface area contributed by atoms with Gasteiger partial charge in [0.15, 0.2) is 0 Å². The third kappa shape index (κ3) is 6.13. The van der Waals surface area contributed by atoms with Crippen molar-refractivity contribution in [1.29, 1.82) is 0 Å². The molecule has 0 bridgehead atoms. The third-order valence-corrected chi connectivity index (χ3v) is 5.53. The number of hydrogen-bond donors (Lipinski definition) is 3. The van der Waals surface area contributed by atoms with Crippen molar-refractivity contribution >= 4 is 11.8 Å². The minimum absolute atomic E-state index is 0.00725. The zero-order valence-electron chi connectivity index (χ0n) is 14.4. The van der Waals surface area contributed by atoms with Gasteiger partial charge < -0.3 is 16.4 Å². The highest BCUT2D eigenvalue weighted by Gasteiger charge is 2.32. The molecule has 2 fully saturated rings. The first kappa shape index (κ1) is 18.2. The summed E-state index contributed by atoms with van der Waals surface area (Å²) < 4.78 is 0. The normalized spacial score (nSPS) is 21.6. The molecular weight excluding hydrogens is 290 g/mol. The molecule has 0 saturated heterocycles. The fraction of sp³-hybridized carbons (Fsp3) is 0.889. The molecule has 4 N–H and O–H groups in total. The molecule has 0 aliphatic heterocycles. The van der Waals surface area contributed by atoms with Gasteiger partial charge in [0.25, 0.3) is 0 Å². The SMILES string of the molecule is NCC1(CC(=O)NCCC(=O)NC2CCCCC2)CCCCC1. The van der Waals surface area contributed by atoms with E-state index in [-0.39, 0.29) is 17.2 Å². The number of nitrogens with two attached hydrogens (primary N) is 1. The van der Waals surface area contributed by atoms with Gasteiger partial charge in [0.2, 0.25) is 11.8 Å². The van der Waals surface area contributed by atoms with E-state index in [4.69, 9.17) is 5.73 Å². The van der Waals surface area contributed by atoms with Gasteiger partial charge in [-0.05, 0) is 37.6 Å². The maximum absolute atomic E-state index is 12.1. The van der Waals surface area contributed by atoms with E-state index in [2.05, 4.69) is 10.6 Å². The highest BCUT2D eigenvalue weighted by atomic mass is 16.2. The van der Waals surface area contributed by atoms with Crippen LogP contribution in [0.15, 0.2) is 0 Å². The summed E-state index contributed by atoms with van der Waals surface area (Å²) in [5.74, 6) is 0.103. The van der Waals surface area contributed by atoms with E-state index >= 15 is 0 Å². The molecule has 0 aromatic carbocycles. The van der Waals surface area contributed by atoms with Gasteiger partial charge in [-0.2, -0.15) is 0 Å². The molecule has 0 atom stereocenters. The van der Waals surface area contributed by atoms with Gasteiger partial charge in [-0.15, -0.1) is 0 Å². The molecule has 132 valence electrons. The van der Waals surface area contributed by atoms with Crippen molar-refractivity contribution in [2.24, 2.45) is 11.1 Å². The number of carbonyl (C=O) groups is 2. The van der Waals surface area contributed by atoms with Gasteiger partial charge in [-0.3, -0.25) is 9.59 Å². The first-order valence-electron chi connectivity index (χ1n) is 9.40. The molecule has 23 heavy (non-hydrogen) atoms. The van der Waals surface area contributed by atoms with E-state index in [1.165, 1.54) is 38.5 Å². The summed E-state index contributed by atoms with van der Waals surface area (Å²) in [6.07, 6.45) is 12.5. The van der Waals surface area contributed by atoms with E-state index in [0.29, 0.717) is 32.0 Å². The monoisotopic (exact) mass is 323 g/mol. The minimum Gasteiger partial charge on any atom is -0.356 e. The lowest BCUT2D eigenvalue weighted by Crippen LogP contribution is -2.40. The maximum Gasteiger partial charge on any atom is 0.221 e. The van der Waals surface area contributed by atoms with E-state index in [1.807, 2.05) is 0 Å². The zero-order chi connectivity index (χ0) is 16.5. The molecular formula is C18H33N3O2. The van der Waals surface area contributed by atoms with Crippen molar-refractivity contribution in [3.8, 4) is 0 Å². The molecule has 0 heterocycles. The smallest absolute Gasteiger partial charge is 0.221 e. The highest BCUT2D eigenvalue weighted by molar-refractivity contribution is 5.79. The third-order valence-electron chi connectivity index (χ3n) is 5.53. The Morgan fingerprint density at radius 3 is 2.26 bits per heavy atom. The number of amides is 2. The minimum atomic E-state index is -0.00725. The van der Waals surface area contributed by atoms with Crippen molar-refractivity contribution in [2.45, 2.75) is 83.1 Å². The summed E-state index contributed by atoms with van der Waals surface area (Å²) in [6.45, 7) is 1.01. The summed E-state index contributed by atoms with van der Waals surface area (Å²) in [4.78, 5) is 24.1. The van der Waals surface area contributed by atoms with Crippen LogP contribution in [0, 0.1) is 5.41 Å². The molecule has 0 aromatic heterocycles. The molecule has 0 spiro atoms. The van der Waals surface area contributed by atoms with E-state index in [1.54, 1.807) is 0 Å². The van der Waals surface area contributed by atoms with Crippen LogP contribution in [0.4, 0.5) is 0 Å². The predicted molar refractivity (Wildman–Crippen MR) is 91.8 cm³/mol. The molecule has 2 rings (SSSR count). The van der Waals surface area contributed by atoms with E-state index in [0.717, 1.165) is 25.7 Å². The Morgan fingerprint density at radius 2 is 1.61 bits per heavy atom. The molecule has 0 unspecified atom stereocenters.